The molecule has 1 heterocycles. The molecule has 5 nitrogen and oxygen atoms in total. The molecule has 1 aliphatic rings. The lowest BCUT2D eigenvalue weighted by molar-refractivity contribution is -0.107. The molecule has 0 radical (unpaired) electrons. The van der Waals surface area contributed by atoms with Crippen molar-refractivity contribution in [1.29, 1.82) is 0 Å². The Morgan fingerprint density at radius 1 is 1.22 bits per heavy atom. The molecule has 27 heavy (non-hydrogen) atoms. The first-order valence-electron chi connectivity index (χ1n) is 9.02. The summed E-state index contributed by atoms with van der Waals surface area (Å²) >= 11 is 0. The second kappa shape index (κ2) is 7.44. The first-order valence-corrected chi connectivity index (χ1v) is 10.5. The Labute approximate surface area is 160 Å². The Bertz CT molecular complexity index is 947. The SMILES string of the molecule is CC1(C)CC(S(=O)(=O)O)Oc2ccc(-c3ccccc3CCCC=O)cc21. The van der Waals surface area contributed by atoms with Gasteiger partial charge in [0.05, 0.1) is 0 Å². The summed E-state index contributed by atoms with van der Waals surface area (Å²) in [5, 5.41) is 0. The van der Waals surface area contributed by atoms with E-state index in [1.165, 1.54) is 5.56 Å². The molecule has 1 atom stereocenters. The van der Waals surface area contributed by atoms with Crippen molar-refractivity contribution in [3.8, 4) is 16.9 Å². The van der Waals surface area contributed by atoms with Gasteiger partial charge in [0.2, 0.25) is 5.44 Å². The molecule has 144 valence electrons. The third-order valence-electron chi connectivity index (χ3n) is 5.07. The van der Waals surface area contributed by atoms with Crippen molar-refractivity contribution < 1.29 is 22.5 Å². The molecule has 0 fully saturated rings. The van der Waals surface area contributed by atoms with Crippen LogP contribution < -0.4 is 4.74 Å². The van der Waals surface area contributed by atoms with E-state index in [9.17, 15) is 17.8 Å². The van der Waals surface area contributed by atoms with Gasteiger partial charge in [0.25, 0.3) is 0 Å². The third kappa shape index (κ3) is 4.22. The second-order valence-corrected chi connectivity index (χ2v) is 9.13. The summed E-state index contributed by atoms with van der Waals surface area (Å²) in [6.45, 7) is 3.90. The number of benzene rings is 2. The number of carbonyl (C=O) groups is 1. The summed E-state index contributed by atoms with van der Waals surface area (Å²) in [7, 11) is -4.27. The number of hydrogen-bond acceptors (Lipinski definition) is 4. The van der Waals surface area contributed by atoms with Crippen molar-refractivity contribution in [3.63, 3.8) is 0 Å². The van der Waals surface area contributed by atoms with Gasteiger partial charge in [0.1, 0.15) is 12.0 Å². The highest BCUT2D eigenvalue weighted by atomic mass is 32.2. The zero-order chi connectivity index (χ0) is 19.7. The van der Waals surface area contributed by atoms with Gasteiger partial charge in [-0.15, -0.1) is 0 Å². The smallest absolute Gasteiger partial charge is 0.303 e. The summed E-state index contributed by atoms with van der Waals surface area (Å²) in [6, 6.07) is 13.8. The molecule has 0 bridgehead atoms. The standard InChI is InChI=1S/C21H24O5S/c1-21(2)14-20(27(23,24)25)26-19-11-10-16(13-18(19)21)17-9-4-3-7-15(17)8-5-6-12-22/h3-4,7,9-13,20H,5-6,8,14H2,1-2H3,(H,23,24,25). The van der Waals surface area contributed by atoms with E-state index in [0.717, 1.165) is 35.8 Å². The zero-order valence-electron chi connectivity index (χ0n) is 15.5. The number of fused-ring (bicyclic) bond motifs is 1. The Morgan fingerprint density at radius 3 is 2.67 bits per heavy atom. The predicted octanol–water partition coefficient (Wildman–Crippen LogP) is 4.15. The van der Waals surface area contributed by atoms with Crippen LogP contribution in [0.15, 0.2) is 42.5 Å². The van der Waals surface area contributed by atoms with Gasteiger partial charge in [-0.3, -0.25) is 4.55 Å². The van der Waals surface area contributed by atoms with Crippen LogP contribution >= 0.6 is 0 Å². The van der Waals surface area contributed by atoms with E-state index in [1.54, 1.807) is 6.07 Å². The fourth-order valence-electron chi connectivity index (χ4n) is 3.60. The van der Waals surface area contributed by atoms with Gasteiger partial charge in [-0.1, -0.05) is 44.2 Å². The quantitative estimate of drug-likeness (QED) is 0.457. The molecular formula is C21H24O5S. The summed E-state index contributed by atoms with van der Waals surface area (Å²) in [4.78, 5) is 10.6. The van der Waals surface area contributed by atoms with Crippen LogP contribution in [0.4, 0.5) is 0 Å². The van der Waals surface area contributed by atoms with Crippen molar-refractivity contribution in [2.24, 2.45) is 0 Å². The monoisotopic (exact) mass is 388 g/mol. The molecule has 1 unspecified atom stereocenters. The van der Waals surface area contributed by atoms with Crippen LogP contribution in [0.25, 0.3) is 11.1 Å². The van der Waals surface area contributed by atoms with Crippen molar-refractivity contribution in [2.75, 3.05) is 0 Å². The van der Waals surface area contributed by atoms with E-state index >= 15 is 0 Å². The van der Waals surface area contributed by atoms with Crippen LogP contribution in [-0.4, -0.2) is 24.7 Å². The first kappa shape index (κ1) is 19.6. The van der Waals surface area contributed by atoms with Crippen LogP contribution in [0, 0.1) is 0 Å². The summed E-state index contributed by atoms with van der Waals surface area (Å²) < 4.78 is 38.0. The Morgan fingerprint density at radius 2 is 1.96 bits per heavy atom. The van der Waals surface area contributed by atoms with Crippen molar-refractivity contribution in [2.45, 2.75) is 50.4 Å². The normalized spacial score (nSPS) is 18.4. The fourth-order valence-corrected chi connectivity index (χ4v) is 4.45. The Balaban J connectivity index is 1.99. The molecule has 3 rings (SSSR count). The Hall–Kier alpha value is -2.18. The number of carbonyl (C=O) groups excluding carboxylic acids is 1. The minimum Gasteiger partial charge on any atom is -0.472 e. The number of rotatable bonds is 6. The second-order valence-electron chi connectivity index (χ2n) is 7.58. The predicted molar refractivity (Wildman–Crippen MR) is 104 cm³/mol. The molecule has 6 heteroatoms. The van der Waals surface area contributed by atoms with E-state index in [-0.39, 0.29) is 6.42 Å². The maximum Gasteiger partial charge on any atom is 0.303 e. The summed E-state index contributed by atoms with van der Waals surface area (Å²) in [5.41, 5.74) is 2.50. The zero-order valence-corrected chi connectivity index (χ0v) is 16.3. The van der Waals surface area contributed by atoms with Gasteiger partial charge < -0.3 is 9.53 Å². The minimum absolute atomic E-state index is 0.184. The van der Waals surface area contributed by atoms with Gasteiger partial charge in [-0.25, -0.2) is 0 Å². The highest BCUT2D eigenvalue weighted by Crippen LogP contribution is 2.43. The number of aldehydes is 1. The molecule has 0 spiro atoms. The van der Waals surface area contributed by atoms with E-state index < -0.39 is 21.0 Å². The topological polar surface area (TPSA) is 80.7 Å². The lowest BCUT2D eigenvalue weighted by Gasteiger charge is -2.36. The van der Waals surface area contributed by atoms with Crippen LogP contribution in [0.5, 0.6) is 5.75 Å². The molecule has 1 aliphatic heterocycles. The van der Waals surface area contributed by atoms with E-state index in [1.807, 2.05) is 38.1 Å². The van der Waals surface area contributed by atoms with E-state index in [2.05, 4.69) is 12.1 Å². The first-order chi connectivity index (χ1) is 12.7. The van der Waals surface area contributed by atoms with Crippen LogP contribution in [-0.2, 0) is 26.7 Å². The maximum absolute atomic E-state index is 11.5. The van der Waals surface area contributed by atoms with Gasteiger partial charge in [0, 0.05) is 18.4 Å². The number of aryl methyl sites for hydroxylation is 1. The van der Waals surface area contributed by atoms with E-state index in [4.69, 9.17) is 4.74 Å². The third-order valence-corrected chi connectivity index (χ3v) is 6.00. The van der Waals surface area contributed by atoms with Gasteiger partial charge in [-0.2, -0.15) is 8.42 Å². The molecule has 0 aliphatic carbocycles. The van der Waals surface area contributed by atoms with Crippen LogP contribution in [0.2, 0.25) is 0 Å². The molecule has 0 amide bonds. The highest BCUT2D eigenvalue weighted by molar-refractivity contribution is 7.86. The van der Waals surface area contributed by atoms with Crippen LogP contribution in [0.3, 0.4) is 0 Å². The number of hydrogen-bond donors (Lipinski definition) is 1. The van der Waals surface area contributed by atoms with Crippen molar-refractivity contribution in [1.82, 2.24) is 0 Å². The largest absolute Gasteiger partial charge is 0.472 e. The lowest BCUT2D eigenvalue weighted by atomic mass is 9.78. The molecule has 0 aromatic heterocycles. The maximum atomic E-state index is 11.5. The fraction of sp³-hybridized carbons (Fsp3) is 0.381. The average molecular weight is 388 g/mol. The average Bonchev–Trinajstić information content (AvgIpc) is 2.61. The molecule has 2 aromatic carbocycles. The van der Waals surface area contributed by atoms with Crippen LogP contribution in [0.1, 0.15) is 44.2 Å². The van der Waals surface area contributed by atoms with Crippen molar-refractivity contribution >= 4 is 16.4 Å². The van der Waals surface area contributed by atoms with Gasteiger partial charge >= 0.3 is 10.1 Å². The molecule has 0 saturated heterocycles. The number of ether oxygens (including phenoxy) is 1. The highest BCUT2D eigenvalue weighted by Gasteiger charge is 2.40. The molecular weight excluding hydrogens is 364 g/mol. The van der Waals surface area contributed by atoms with E-state index in [0.29, 0.717) is 12.2 Å². The molecule has 2 aromatic rings. The lowest BCUT2D eigenvalue weighted by Crippen LogP contribution is -2.39. The van der Waals surface area contributed by atoms with Crippen molar-refractivity contribution in [3.05, 3.63) is 53.6 Å². The summed E-state index contributed by atoms with van der Waals surface area (Å²) in [5.74, 6) is 0.482. The van der Waals surface area contributed by atoms with Gasteiger partial charge in [-0.05, 0) is 47.1 Å². The summed E-state index contributed by atoms with van der Waals surface area (Å²) in [6.07, 6.45) is 3.28. The number of unbranched alkanes of at least 4 members (excludes halogenated alkanes) is 1. The van der Waals surface area contributed by atoms with Gasteiger partial charge in [0.15, 0.2) is 0 Å². The molecule has 0 saturated carbocycles. The Kier molecular flexibility index (Phi) is 5.40. The minimum atomic E-state index is -4.27. The molecule has 1 N–H and O–H groups in total.